The number of alkyl halides is 1. The summed E-state index contributed by atoms with van der Waals surface area (Å²) in [5, 5.41) is 0. The number of ether oxygens (including phenoxy) is 2. The summed E-state index contributed by atoms with van der Waals surface area (Å²) in [5.74, 6) is 1.70. The Morgan fingerprint density at radius 2 is 2.20 bits per heavy atom. The minimum Gasteiger partial charge on any atom is -0.496 e. The molecule has 1 aromatic rings. The number of halogens is 1. The highest BCUT2D eigenvalue weighted by atomic mass is 35.5. The average molecular weight is 297 g/mol. The van der Waals surface area contributed by atoms with Crippen molar-refractivity contribution in [2.24, 2.45) is 0 Å². The number of rotatable bonds is 6. The van der Waals surface area contributed by atoms with Gasteiger partial charge < -0.3 is 9.47 Å². The van der Waals surface area contributed by atoms with Crippen LogP contribution in [0.25, 0.3) is 0 Å². The summed E-state index contributed by atoms with van der Waals surface area (Å²) in [4.78, 5) is 0. The number of benzene rings is 1. The summed E-state index contributed by atoms with van der Waals surface area (Å²) in [6.07, 6.45) is 5.03. The molecular weight excluding hydrogens is 272 g/mol. The lowest BCUT2D eigenvalue weighted by molar-refractivity contribution is -0.0540. The summed E-state index contributed by atoms with van der Waals surface area (Å²) in [7, 11) is 1.77. The zero-order valence-corrected chi connectivity index (χ0v) is 13.6. The number of fused-ring (bicyclic) bond motifs is 1. The van der Waals surface area contributed by atoms with E-state index < -0.39 is 0 Å². The molecule has 112 valence electrons. The summed E-state index contributed by atoms with van der Waals surface area (Å²) in [6.45, 7) is 5.15. The first-order chi connectivity index (χ1) is 9.66. The molecule has 0 bridgehead atoms. The molecule has 1 unspecified atom stereocenters. The highest BCUT2D eigenvalue weighted by molar-refractivity contribution is 6.17. The molecule has 2 rings (SSSR count). The van der Waals surface area contributed by atoms with Crippen molar-refractivity contribution in [1.29, 1.82) is 0 Å². The van der Waals surface area contributed by atoms with E-state index in [2.05, 4.69) is 26.0 Å². The molecule has 0 radical (unpaired) electrons. The second-order valence-electron chi connectivity index (χ2n) is 5.66. The van der Waals surface area contributed by atoms with Gasteiger partial charge in [-0.2, -0.15) is 0 Å². The Kier molecular flexibility index (Phi) is 5.34. The normalized spacial score (nSPS) is 21.6. The van der Waals surface area contributed by atoms with Crippen LogP contribution in [-0.4, -0.2) is 19.6 Å². The molecule has 0 saturated heterocycles. The van der Waals surface area contributed by atoms with Crippen molar-refractivity contribution in [2.75, 3.05) is 19.6 Å². The molecule has 0 fully saturated rings. The van der Waals surface area contributed by atoms with Gasteiger partial charge in [-0.3, -0.25) is 0 Å². The maximum Gasteiger partial charge on any atom is 0.128 e. The Morgan fingerprint density at radius 1 is 1.40 bits per heavy atom. The smallest absolute Gasteiger partial charge is 0.128 e. The summed E-state index contributed by atoms with van der Waals surface area (Å²) < 4.78 is 11.9. The van der Waals surface area contributed by atoms with Crippen LogP contribution in [0.5, 0.6) is 5.75 Å². The van der Waals surface area contributed by atoms with Crippen LogP contribution < -0.4 is 4.74 Å². The highest BCUT2D eigenvalue weighted by Gasteiger charge is 2.36. The third-order valence-electron chi connectivity index (χ3n) is 4.16. The molecule has 0 aromatic heterocycles. The van der Waals surface area contributed by atoms with E-state index in [0.717, 1.165) is 44.5 Å². The van der Waals surface area contributed by atoms with E-state index in [-0.39, 0.29) is 5.60 Å². The van der Waals surface area contributed by atoms with Gasteiger partial charge in [0.05, 0.1) is 19.3 Å². The van der Waals surface area contributed by atoms with Gasteiger partial charge in [0.1, 0.15) is 5.75 Å². The van der Waals surface area contributed by atoms with Crippen molar-refractivity contribution >= 4 is 11.6 Å². The van der Waals surface area contributed by atoms with Gasteiger partial charge in [-0.15, -0.1) is 11.6 Å². The predicted molar refractivity (Wildman–Crippen MR) is 84.0 cm³/mol. The lowest BCUT2D eigenvalue weighted by Crippen LogP contribution is -2.33. The topological polar surface area (TPSA) is 18.5 Å². The first kappa shape index (κ1) is 15.7. The standard InChI is InChI=1S/C17H25ClO2/c1-4-6-14-8-7-13-9-12-20-17(2,10-5-11-18)15(13)16(14)19-3/h7-8H,4-6,9-12H2,1-3H3. The van der Waals surface area contributed by atoms with Gasteiger partial charge in [0, 0.05) is 11.4 Å². The molecular formula is C17H25ClO2. The van der Waals surface area contributed by atoms with Gasteiger partial charge in [0.15, 0.2) is 0 Å². The van der Waals surface area contributed by atoms with Crippen LogP contribution in [0.3, 0.4) is 0 Å². The van der Waals surface area contributed by atoms with Crippen LogP contribution >= 0.6 is 11.6 Å². The van der Waals surface area contributed by atoms with Crippen molar-refractivity contribution in [3.8, 4) is 5.75 Å². The Morgan fingerprint density at radius 3 is 2.85 bits per heavy atom. The zero-order valence-electron chi connectivity index (χ0n) is 12.8. The molecule has 2 nitrogen and oxygen atoms in total. The number of aryl methyl sites for hydroxylation is 1. The van der Waals surface area contributed by atoms with Crippen molar-refractivity contribution < 1.29 is 9.47 Å². The SMILES string of the molecule is CCCc1ccc2c(c1OC)C(C)(CCCCl)OCC2. The molecule has 0 spiro atoms. The Balaban J connectivity index is 2.48. The molecule has 1 aliphatic heterocycles. The molecule has 1 atom stereocenters. The summed E-state index contributed by atoms with van der Waals surface area (Å²) in [5.41, 5.74) is 3.64. The third kappa shape index (κ3) is 2.96. The van der Waals surface area contributed by atoms with E-state index >= 15 is 0 Å². The molecule has 3 heteroatoms. The fraction of sp³-hybridized carbons (Fsp3) is 0.647. The van der Waals surface area contributed by atoms with Gasteiger partial charge >= 0.3 is 0 Å². The number of hydrogen-bond acceptors (Lipinski definition) is 2. The second-order valence-corrected chi connectivity index (χ2v) is 6.04. The quantitative estimate of drug-likeness (QED) is 0.722. The Hall–Kier alpha value is -0.730. The molecule has 0 aliphatic carbocycles. The van der Waals surface area contributed by atoms with Crippen LogP contribution in [0.15, 0.2) is 12.1 Å². The van der Waals surface area contributed by atoms with E-state index in [4.69, 9.17) is 21.1 Å². The number of hydrogen-bond donors (Lipinski definition) is 0. The van der Waals surface area contributed by atoms with Crippen LogP contribution in [-0.2, 0) is 23.2 Å². The molecule has 0 N–H and O–H groups in total. The third-order valence-corrected chi connectivity index (χ3v) is 4.42. The van der Waals surface area contributed by atoms with E-state index in [1.54, 1.807) is 7.11 Å². The minimum absolute atomic E-state index is 0.266. The number of methoxy groups -OCH3 is 1. The Bertz CT molecular complexity index is 459. The van der Waals surface area contributed by atoms with Crippen molar-refractivity contribution in [1.82, 2.24) is 0 Å². The van der Waals surface area contributed by atoms with E-state index in [0.29, 0.717) is 5.88 Å². The van der Waals surface area contributed by atoms with Crippen molar-refractivity contribution in [3.63, 3.8) is 0 Å². The molecule has 1 aromatic carbocycles. The molecule has 1 heterocycles. The van der Waals surface area contributed by atoms with E-state index in [9.17, 15) is 0 Å². The molecule has 0 saturated carbocycles. The largest absolute Gasteiger partial charge is 0.496 e. The van der Waals surface area contributed by atoms with Crippen LogP contribution in [0.1, 0.15) is 49.8 Å². The molecule has 1 aliphatic rings. The van der Waals surface area contributed by atoms with Gasteiger partial charge in [0.2, 0.25) is 0 Å². The minimum atomic E-state index is -0.266. The maximum atomic E-state index is 6.13. The van der Waals surface area contributed by atoms with Crippen molar-refractivity contribution in [3.05, 3.63) is 28.8 Å². The summed E-state index contributed by atoms with van der Waals surface area (Å²) in [6, 6.07) is 4.47. The van der Waals surface area contributed by atoms with Crippen LogP contribution in [0, 0.1) is 0 Å². The van der Waals surface area contributed by atoms with Gasteiger partial charge in [-0.25, -0.2) is 0 Å². The predicted octanol–water partition coefficient (Wildman–Crippen LogP) is 4.45. The average Bonchev–Trinajstić information content (AvgIpc) is 2.46. The lowest BCUT2D eigenvalue weighted by Gasteiger charge is -2.38. The van der Waals surface area contributed by atoms with Gasteiger partial charge in [-0.05, 0) is 43.7 Å². The maximum absolute atomic E-state index is 6.13. The zero-order chi connectivity index (χ0) is 14.6. The van der Waals surface area contributed by atoms with Crippen LogP contribution in [0.4, 0.5) is 0 Å². The molecule has 0 amide bonds. The fourth-order valence-electron chi connectivity index (χ4n) is 3.21. The highest BCUT2D eigenvalue weighted by Crippen LogP contribution is 2.44. The van der Waals surface area contributed by atoms with E-state index in [1.807, 2.05) is 0 Å². The van der Waals surface area contributed by atoms with Crippen LogP contribution in [0.2, 0.25) is 0 Å². The first-order valence-electron chi connectivity index (χ1n) is 7.55. The molecule has 20 heavy (non-hydrogen) atoms. The Labute approximate surface area is 127 Å². The van der Waals surface area contributed by atoms with E-state index in [1.165, 1.54) is 16.7 Å². The second kappa shape index (κ2) is 6.82. The fourth-order valence-corrected chi connectivity index (χ4v) is 3.35. The first-order valence-corrected chi connectivity index (χ1v) is 8.09. The van der Waals surface area contributed by atoms with Gasteiger partial charge in [-0.1, -0.05) is 25.5 Å². The van der Waals surface area contributed by atoms with Gasteiger partial charge in [0.25, 0.3) is 0 Å². The lowest BCUT2D eigenvalue weighted by atomic mass is 9.82. The summed E-state index contributed by atoms with van der Waals surface area (Å²) >= 11 is 5.88. The monoisotopic (exact) mass is 296 g/mol. The van der Waals surface area contributed by atoms with Crippen molar-refractivity contribution in [2.45, 2.75) is 51.6 Å².